The quantitative estimate of drug-likeness (QED) is 0.831. The first-order valence-electron chi connectivity index (χ1n) is 5.51. The third-order valence-corrected chi connectivity index (χ3v) is 3.88. The van der Waals surface area contributed by atoms with Crippen molar-refractivity contribution < 1.29 is 4.74 Å². The van der Waals surface area contributed by atoms with Crippen LogP contribution in [0.1, 0.15) is 5.56 Å². The molecule has 94 valence electrons. The molecule has 2 aromatic carbocycles. The van der Waals surface area contributed by atoms with E-state index in [1.807, 2.05) is 36.4 Å². The maximum Gasteiger partial charge on any atom is 0.133 e. The number of nitrogens with one attached hydrogen (secondary N) is 1. The van der Waals surface area contributed by atoms with Crippen LogP contribution in [0.5, 0.6) is 5.75 Å². The van der Waals surface area contributed by atoms with E-state index in [1.165, 1.54) is 5.56 Å². The summed E-state index contributed by atoms with van der Waals surface area (Å²) in [6.45, 7) is 0.769. The standard InChI is InChI=1S/C14H13Br2NO/c1-18-14-7-6-10(8-12(14)16)9-17-13-5-3-2-4-11(13)15/h2-8,17H,9H2,1H3. The van der Waals surface area contributed by atoms with Crippen molar-refractivity contribution in [1.82, 2.24) is 0 Å². The van der Waals surface area contributed by atoms with Gasteiger partial charge in [-0.05, 0) is 61.7 Å². The van der Waals surface area contributed by atoms with Crippen LogP contribution < -0.4 is 10.1 Å². The molecule has 0 bridgehead atoms. The van der Waals surface area contributed by atoms with Crippen molar-refractivity contribution in [3.05, 3.63) is 57.0 Å². The van der Waals surface area contributed by atoms with Gasteiger partial charge < -0.3 is 10.1 Å². The highest BCUT2D eigenvalue weighted by Gasteiger charge is 2.02. The van der Waals surface area contributed by atoms with E-state index < -0.39 is 0 Å². The summed E-state index contributed by atoms with van der Waals surface area (Å²) in [5.74, 6) is 0.847. The molecule has 0 fully saturated rings. The van der Waals surface area contributed by atoms with Gasteiger partial charge in [0, 0.05) is 16.7 Å². The molecule has 0 saturated heterocycles. The van der Waals surface area contributed by atoms with E-state index in [-0.39, 0.29) is 0 Å². The first kappa shape index (κ1) is 13.4. The second kappa shape index (κ2) is 6.25. The third kappa shape index (κ3) is 3.27. The van der Waals surface area contributed by atoms with Gasteiger partial charge in [-0.1, -0.05) is 18.2 Å². The van der Waals surface area contributed by atoms with Gasteiger partial charge in [-0.2, -0.15) is 0 Å². The van der Waals surface area contributed by atoms with Gasteiger partial charge in [-0.15, -0.1) is 0 Å². The molecule has 0 saturated carbocycles. The summed E-state index contributed by atoms with van der Waals surface area (Å²) in [5, 5.41) is 3.39. The number of hydrogen-bond acceptors (Lipinski definition) is 2. The van der Waals surface area contributed by atoms with Crippen LogP contribution in [-0.4, -0.2) is 7.11 Å². The summed E-state index contributed by atoms with van der Waals surface area (Å²) in [4.78, 5) is 0. The fourth-order valence-corrected chi connectivity index (χ4v) is 2.63. The fourth-order valence-electron chi connectivity index (χ4n) is 1.62. The molecule has 0 aliphatic rings. The van der Waals surface area contributed by atoms with E-state index >= 15 is 0 Å². The maximum atomic E-state index is 5.21. The number of benzene rings is 2. The molecule has 1 N–H and O–H groups in total. The fraction of sp³-hybridized carbons (Fsp3) is 0.143. The Morgan fingerprint density at radius 1 is 1.06 bits per heavy atom. The van der Waals surface area contributed by atoms with E-state index in [4.69, 9.17) is 4.74 Å². The Hall–Kier alpha value is -1.000. The molecule has 0 aliphatic heterocycles. The lowest BCUT2D eigenvalue weighted by Gasteiger charge is -2.10. The van der Waals surface area contributed by atoms with Crippen molar-refractivity contribution in [1.29, 1.82) is 0 Å². The molecule has 0 aromatic heterocycles. The van der Waals surface area contributed by atoms with Gasteiger partial charge in [0.2, 0.25) is 0 Å². The van der Waals surface area contributed by atoms with E-state index in [2.05, 4.69) is 43.2 Å². The van der Waals surface area contributed by atoms with Gasteiger partial charge in [0.25, 0.3) is 0 Å². The molecular formula is C14H13Br2NO. The predicted molar refractivity (Wildman–Crippen MR) is 82.2 cm³/mol. The lowest BCUT2D eigenvalue weighted by Crippen LogP contribution is -2.00. The van der Waals surface area contributed by atoms with Crippen LogP contribution in [0.3, 0.4) is 0 Å². The maximum absolute atomic E-state index is 5.21. The lowest BCUT2D eigenvalue weighted by atomic mass is 10.2. The predicted octanol–water partition coefficient (Wildman–Crippen LogP) is 4.83. The monoisotopic (exact) mass is 369 g/mol. The topological polar surface area (TPSA) is 21.3 Å². The van der Waals surface area contributed by atoms with Gasteiger partial charge in [0.05, 0.1) is 11.6 Å². The van der Waals surface area contributed by atoms with Crippen molar-refractivity contribution in [2.75, 3.05) is 12.4 Å². The average Bonchev–Trinajstić information content (AvgIpc) is 2.38. The largest absolute Gasteiger partial charge is 0.496 e. The van der Waals surface area contributed by atoms with E-state index in [9.17, 15) is 0 Å². The van der Waals surface area contributed by atoms with Crippen molar-refractivity contribution in [2.24, 2.45) is 0 Å². The number of methoxy groups -OCH3 is 1. The Bertz CT molecular complexity index is 543. The normalized spacial score (nSPS) is 10.2. The second-order valence-electron chi connectivity index (χ2n) is 3.80. The van der Waals surface area contributed by atoms with Crippen LogP contribution in [0.25, 0.3) is 0 Å². The number of anilines is 1. The van der Waals surface area contributed by atoms with Gasteiger partial charge >= 0.3 is 0 Å². The van der Waals surface area contributed by atoms with Crippen LogP contribution in [0.4, 0.5) is 5.69 Å². The minimum absolute atomic E-state index is 0.769. The summed E-state index contributed by atoms with van der Waals surface area (Å²) in [6, 6.07) is 14.1. The number of halogens is 2. The molecule has 0 unspecified atom stereocenters. The molecule has 0 radical (unpaired) electrons. The van der Waals surface area contributed by atoms with Gasteiger partial charge in [-0.25, -0.2) is 0 Å². The van der Waals surface area contributed by atoms with Crippen LogP contribution in [-0.2, 0) is 6.54 Å². The molecule has 4 heteroatoms. The van der Waals surface area contributed by atoms with E-state index in [0.717, 1.165) is 26.9 Å². The van der Waals surface area contributed by atoms with Crippen molar-refractivity contribution in [2.45, 2.75) is 6.54 Å². The van der Waals surface area contributed by atoms with Crippen molar-refractivity contribution in [3.63, 3.8) is 0 Å². The minimum Gasteiger partial charge on any atom is -0.496 e. The molecule has 2 rings (SSSR count). The molecule has 2 nitrogen and oxygen atoms in total. The van der Waals surface area contributed by atoms with Crippen LogP contribution in [0, 0.1) is 0 Å². The minimum atomic E-state index is 0.769. The lowest BCUT2D eigenvalue weighted by molar-refractivity contribution is 0.412. The SMILES string of the molecule is COc1ccc(CNc2ccccc2Br)cc1Br. The Kier molecular flexibility index (Phi) is 4.66. The molecule has 2 aromatic rings. The van der Waals surface area contributed by atoms with Crippen LogP contribution in [0.2, 0.25) is 0 Å². The zero-order valence-electron chi connectivity index (χ0n) is 9.91. The first-order valence-corrected chi connectivity index (χ1v) is 7.10. The van der Waals surface area contributed by atoms with Crippen LogP contribution >= 0.6 is 31.9 Å². The Morgan fingerprint density at radius 2 is 1.83 bits per heavy atom. The molecule has 0 atom stereocenters. The summed E-state index contributed by atoms with van der Waals surface area (Å²) < 4.78 is 7.24. The average molecular weight is 371 g/mol. The molecule has 0 spiro atoms. The molecule has 0 aliphatic carbocycles. The van der Waals surface area contributed by atoms with Crippen molar-refractivity contribution in [3.8, 4) is 5.75 Å². The summed E-state index contributed by atoms with van der Waals surface area (Å²) >= 11 is 7.00. The zero-order chi connectivity index (χ0) is 13.0. The highest BCUT2D eigenvalue weighted by molar-refractivity contribution is 9.11. The number of ether oxygens (including phenoxy) is 1. The zero-order valence-corrected chi connectivity index (χ0v) is 13.1. The molecule has 0 heterocycles. The van der Waals surface area contributed by atoms with Gasteiger partial charge in [0.1, 0.15) is 5.75 Å². The van der Waals surface area contributed by atoms with Crippen LogP contribution in [0.15, 0.2) is 51.4 Å². The highest BCUT2D eigenvalue weighted by Crippen LogP contribution is 2.26. The molecule has 18 heavy (non-hydrogen) atoms. The first-order chi connectivity index (χ1) is 8.70. The van der Waals surface area contributed by atoms with E-state index in [1.54, 1.807) is 7.11 Å². The highest BCUT2D eigenvalue weighted by atomic mass is 79.9. The summed E-state index contributed by atoms with van der Waals surface area (Å²) in [7, 11) is 1.67. The second-order valence-corrected chi connectivity index (χ2v) is 5.51. The van der Waals surface area contributed by atoms with E-state index in [0.29, 0.717) is 0 Å². The Balaban J connectivity index is 2.07. The van der Waals surface area contributed by atoms with Gasteiger partial charge in [0.15, 0.2) is 0 Å². The number of para-hydroxylation sites is 1. The summed E-state index contributed by atoms with van der Waals surface area (Å²) in [5.41, 5.74) is 2.28. The Morgan fingerprint density at radius 3 is 2.50 bits per heavy atom. The number of hydrogen-bond donors (Lipinski definition) is 1. The Labute approximate surface area is 124 Å². The number of rotatable bonds is 4. The third-order valence-electron chi connectivity index (χ3n) is 2.57. The molecule has 0 amide bonds. The summed E-state index contributed by atoms with van der Waals surface area (Å²) in [6.07, 6.45) is 0. The smallest absolute Gasteiger partial charge is 0.133 e. The van der Waals surface area contributed by atoms with Crippen molar-refractivity contribution >= 4 is 37.5 Å². The van der Waals surface area contributed by atoms with Gasteiger partial charge in [-0.3, -0.25) is 0 Å². The molecular weight excluding hydrogens is 358 g/mol.